The highest BCUT2D eigenvalue weighted by Gasteiger charge is 2.19. The van der Waals surface area contributed by atoms with E-state index in [4.69, 9.17) is 0 Å². The summed E-state index contributed by atoms with van der Waals surface area (Å²) in [7, 11) is -0.565. The molecule has 15 heavy (non-hydrogen) atoms. The molecule has 0 spiro atoms. The third-order valence-corrected chi connectivity index (χ3v) is 3.78. The van der Waals surface area contributed by atoms with Crippen molar-refractivity contribution in [2.45, 2.75) is 0 Å². The van der Waals surface area contributed by atoms with Gasteiger partial charge in [0.15, 0.2) is 0 Å². The normalized spacial score (nSPS) is 12.5. The molecular formula is C9H11N3O2S. The van der Waals surface area contributed by atoms with Crippen LogP contribution in [0.3, 0.4) is 0 Å². The Kier molecular flexibility index (Phi) is 2.24. The molecule has 1 heterocycles. The maximum absolute atomic E-state index is 11.8. The highest BCUT2D eigenvalue weighted by atomic mass is 32.2. The van der Waals surface area contributed by atoms with Gasteiger partial charge in [-0.25, -0.2) is 0 Å². The Morgan fingerprint density at radius 1 is 1.27 bits per heavy atom. The fourth-order valence-electron chi connectivity index (χ4n) is 1.29. The molecule has 80 valence electrons. The number of hydrogen-bond acceptors (Lipinski definition) is 3. The third kappa shape index (κ3) is 1.51. The summed E-state index contributed by atoms with van der Waals surface area (Å²) in [6.07, 6.45) is 1.54. The molecule has 0 fully saturated rings. The summed E-state index contributed by atoms with van der Waals surface area (Å²) >= 11 is 0. The zero-order valence-corrected chi connectivity index (χ0v) is 9.27. The molecule has 1 aromatic carbocycles. The molecule has 6 heteroatoms. The van der Waals surface area contributed by atoms with Crippen molar-refractivity contribution < 1.29 is 8.42 Å². The molecule has 0 atom stereocenters. The van der Waals surface area contributed by atoms with E-state index < -0.39 is 10.2 Å². The second-order valence-corrected chi connectivity index (χ2v) is 5.31. The van der Waals surface area contributed by atoms with E-state index in [-0.39, 0.29) is 0 Å². The molecule has 0 aliphatic heterocycles. The summed E-state index contributed by atoms with van der Waals surface area (Å²) < 4.78 is 25.8. The first-order chi connectivity index (χ1) is 7.03. The highest BCUT2D eigenvalue weighted by Crippen LogP contribution is 2.15. The first-order valence-electron chi connectivity index (χ1n) is 4.39. The van der Waals surface area contributed by atoms with Gasteiger partial charge in [-0.2, -0.15) is 17.8 Å². The summed E-state index contributed by atoms with van der Waals surface area (Å²) in [6, 6.07) is 7.18. The topological polar surface area (TPSA) is 55.2 Å². The van der Waals surface area contributed by atoms with Crippen molar-refractivity contribution in [3.63, 3.8) is 0 Å². The van der Waals surface area contributed by atoms with E-state index in [1.165, 1.54) is 20.3 Å². The van der Waals surface area contributed by atoms with Crippen LogP contribution in [-0.2, 0) is 10.2 Å². The van der Waals surface area contributed by atoms with Gasteiger partial charge in [-0.1, -0.05) is 18.2 Å². The van der Waals surface area contributed by atoms with E-state index in [1.54, 1.807) is 12.1 Å². The van der Waals surface area contributed by atoms with Gasteiger partial charge in [0, 0.05) is 19.5 Å². The summed E-state index contributed by atoms with van der Waals surface area (Å²) in [5, 5.41) is 4.68. The molecule has 0 amide bonds. The van der Waals surface area contributed by atoms with Crippen molar-refractivity contribution >= 4 is 21.1 Å². The summed E-state index contributed by atoms with van der Waals surface area (Å²) in [6.45, 7) is 0. The van der Waals surface area contributed by atoms with Gasteiger partial charge in [-0.05, 0) is 6.07 Å². The maximum Gasteiger partial charge on any atom is 0.322 e. The lowest BCUT2D eigenvalue weighted by Crippen LogP contribution is -2.29. The standard InChI is InChI=1S/C9H11N3O2S/c1-11(2)15(13,14)12-9-6-4-3-5-8(9)7-10-12/h3-7H,1-2H3. The molecule has 0 aliphatic carbocycles. The number of aromatic nitrogens is 2. The third-order valence-electron chi connectivity index (χ3n) is 2.12. The number of rotatable bonds is 2. The molecule has 0 saturated heterocycles. The number of hydrogen-bond donors (Lipinski definition) is 0. The Bertz CT molecular complexity index is 586. The largest absolute Gasteiger partial charge is 0.322 e. The second-order valence-electron chi connectivity index (χ2n) is 3.34. The smallest absolute Gasteiger partial charge is 0.189 e. The molecule has 0 saturated carbocycles. The molecule has 0 N–H and O–H groups in total. The van der Waals surface area contributed by atoms with Gasteiger partial charge in [0.25, 0.3) is 0 Å². The van der Waals surface area contributed by atoms with Crippen molar-refractivity contribution in [1.29, 1.82) is 0 Å². The van der Waals surface area contributed by atoms with Crippen molar-refractivity contribution in [1.82, 2.24) is 13.5 Å². The average molecular weight is 225 g/mol. The number of fused-ring (bicyclic) bond motifs is 1. The predicted molar refractivity (Wildman–Crippen MR) is 57.7 cm³/mol. The lowest BCUT2D eigenvalue weighted by Gasteiger charge is -2.11. The molecule has 5 nitrogen and oxygen atoms in total. The minimum absolute atomic E-state index is 0.589. The van der Waals surface area contributed by atoms with E-state index in [9.17, 15) is 8.42 Å². The number of para-hydroxylation sites is 1. The van der Waals surface area contributed by atoms with Gasteiger partial charge in [-0.15, -0.1) is 4.09 Å². The van der Waals surface area contributed by atoms with Crippen LogP contribution in [-0.4, -0.2) is 36.0 Å². The van der Waals surface area contributed by atoms with Crippen LogP contribution >= 0.6 is 0 Å². The number of nitrogens with zero attached hydrogens (tertiary/aromatic N) is 3. The van der Waals surface area contributed by atoms with Gasteiger partial charge in [0.1, 0.15) is 0 Å². The fraction of sp³-hybridized carbons (Fsp3) is 0.222. The fourth-order valence-corrected chi connectivity index (χ4v) is 2.18. The Morgan fingerprint density at radius 2 is 1.93 bits per heavy atom. The Hall–Kier alpha value is -1.40. The lowest BCUT2D eigenvalue weighted by atomic mass is 10.3. The van der Waals surface area contributed by atoms with Crippen molar-refractivity contribution in [2.75, 3.05) is 14.1 Å². The van der Waals surface area contributed by atoms with Crippen LogP contribution in [0, 0.1) is 0 Å². The van der Waals surface area contributed by atoms with E-state index in [0.717, 1.165) is 13.8 Å². The van der Waals surface area contributed by atoms with Crippen molar-refractivity contribution in [3.8, 4) is 0 Å². The van der Waals surface area contributed by atoms with Crippen LogP contribution < -0.4 is 0 Å². The van der Waals surface area contributed by atoms with Crippen LogP contribution in [0.5, 0.6) is 0 Å². The van der Waals surface area contributed by atoms with Gasteiger partial charge < -0.3 is 0 Å². The lowest BCUT2D eigenvalue weighted by molar-refractivity contribution is 0.506. The van der Waals surface area contributed by atoms with Gasteiger partial charge >= 0.3 is 10.2 Å². The van der Waals surface area contributed by atoms with Crippen molar-refractivity contribution in [3.05, 3.63) is 30.5 Å². The molecular weight excluding hydrogens is 214 g/mol. The SMILES string of the molecule is CN(C)S(=O)(=O)n1ncc2ccccc21. The quantitative estimate of drug-likeness (QED) is 0.755. The zero-order valence-electron chi connectivity index (χ0n) is 8.45. The van der Waals surface area contributed by atoms with Crippen LogP contribution in [0.1, 0.15) is 0 Å². The van der Waals surface area contributed by atoms with Crippen LogP contribution in [0.4, 0.5) is 0 Å². The van der Waals surface area contributed by atoms with E-state index in [1.807, 2.05) is 12.1 Å². The van der Waals surface area contributed by atoms with Crippen molar-refractivity contribution in [2.24, 2.45) is 0 Å². The summed E-state index contributed by atoms with van der Waals surface area (Å²) in [5.41, 5.74) is 0.589. The average Bonchev–Trinajstić information content (AvgIpc) is 2.61. The highest BCUT2D eigenvalue weighted by molar-refractivity contribution is 7.87. The Morgan fingerprint density at radius 3 is 2.60 bits per heavy atom. The van der Waals surface area contributed by atoms with Gasteiger partial charge in [0.2, 0.25) is 0 Å². The Labute approximate surface area is 88.1 Å². The summed E-state index contributed by atoms with van der Waals surface area (Å²) in [4.78, 5) is 0. The molecule has 0 aliphatic rings. The minimum atomic E-state index is -3.52. The summed E-state index contributed by atoms with van der Waals surface area (Å²) in [5.74, 6) is 0. The van der Waals surface area contributed by atoms with E-state index in [2.05, 4.69) is 5.10 Å². The minimum Gasteiger partial charge on any atom is -0.189 e. The monoisotopic (exact) mass is 225 g/mol. The Balaban J connectivity index is 2.74. The molecule has 2 aromatic rings. The molecule has 1 aromatic heterocycles. The van der Waals surface area contributed by atoms with Gasteiger partial charge in [0.05, 0.1) is 11.7 Å². The molecule has 0 bridgehead atoms. The number of benzene rings is 1. The van der Waals surface area contributed by atoms with E-state index >= 15 is 0 Å². The first kappa shape index (κ1) is 10.1. The van der Waals surface area contributed by atoms with Crippen LogP contribution in [0.25, 0.3) is 10.9 Å². The zero-order chi connectivity index (χ0) is 11.1. The predicted octanol–water partition coefficient (Wildman–Crippen LogP) is 0.691. The van der Waals surface area contributed by atoms with Crippen LogP contribution in [0.15, 0.2) is 30.5 Å². The maximum atomic E-state index is 11.8. The molecule has 2 rings (SSSR count). The molecule has 0 unspecified atom stereocenters. The van der Waals surface area contributed by atoms with E-state index in [0.29, 0.717) is 5.52 Å². The van der Waals surface area contributed by atoms with Crippen LogP contribution in [0.2, 0.25) is 0 Å². The second kappa shape index (κ2) is 3.32. The first-order valence-corrected chi connectivity index (χ1v) is 5.79. The molecule has 0 radical (unpaired) electrons. The van der Waals surface area contributed by atoms with Gasteiger partial charge in [-0.3, -0.25) is 0 Å².